The van der Waals surface area contributed by atoms with Crippen LogP contribution in [-0.4, -0.2) is 46.0 Å². The fourth-order valence-corrected chi connectivity index (χ4v) is 3.49. The second-order valence-corrected chi connectivity index (χ2v) is 7.53. The minimum atomic E-state index is -0.984. The van der Waals surface area contributed by atoms with Crippen LogP contribution in [0.3, 0.4) is 0 Å². The van der Waals surface area contributed by atoms with Gasteiger partial charge in [0.15, 0.2) is 17.5 Å². The highest BCUT2D eigenvalue weighted by Gasteiger charge is 2.22. The maximum absolute atomic E-state index is 13.3. The molecule has 0 bridgehead atoms. The Labute approximate surface area is 188 Å². The second-order valence-electron chi connectivity index (χ2n) is 7.53. The van der Waals surface area contributed by atoms with E-state index < -0.39 is 17.7 Å². The van der Waals surface area contributed by atoms with E-state index in [2.05, 4.69) is 25.6 Å². The van der Waals surface area contributed by atoms with Crippen molar-refractivity contribution in [2.24, 2.45) is 0 Å². The first-order valence-electron chi connectivity index (χ1n) is 10.3. The van der Waals surface area contributed by atoms with Crippen LogP contribution in [0.15, 0.2) is 48.8 Å². The van der Waals surface area contributed by atoms with E-state index in [4.69, 9.17) is 4.74 Å². The predicted molar refractivity (Wildman–Crippen MR) is 118 cm³/mol. The van der Waals surface area contributed by atoms with Gasteiger partial charge in [0.2, 0.25) is 0 Å². The molecule has 172 valence electrons. The molecule has 3 aromatic rings. The van der Waals surface area contributed by atoms with Gasteiger partial charge in [-0.05, 0) is 24.3 Å². The Morgan fingerprint density at radius 1 is 1.06 bits per heavy atom. The van der Waals surface area contributed by atoms with Crippen LogP contribution >= 0.6 is 0 Å². The number of nitrogens with one attached hydrogen (secondary N) is 2. The third-order valence-corrected chi connectivity index (χ3v) is 5.09. The molecule has 3 heterocycles. The van der Waals surface area contributed by atoms with E-state index in [9.17, 15) is 18.4 Å². The molecule has 1 fully saturated rings. The van der Waals surface area contributed by atoms with Crippen molar-refractivity contribution in [2.45, 2.75) is 25.9 Å². The van der Waals surface area contributed by atoms with Gasteiger partial charge in [0.05, 0.1) is 11.9 Å². The van der Waals surface area contributed by atoms with Gasteiger partial charge in [0, 0.05) is 56.9 Å². The van der Waals surface area contributed by atoms with E-state index in [1.807, 2.05) is 0 Å². The van der Waals surface area contributed by atoms with Gasteiger partial charge >= 0.3 is 12.0 Å². The molecule has 4 rings (SSSR count). The van der Waals surface area contributed by atoms with E-state index >= 15 is 0 Å². The summed E-state index contributed by atoms with van der Waals surface area (Å²) in [5, 5.41) is 9.59. The number of hydrogen-bond donors (Lipinski definition) is 2. The standard InChI is InChI=1S/C22H22F2N6O3/c1-14(31)33-17-6-9-29(10-7-17)21-5-3-16(13-25-21)27-22(32)30-11-8-20(28-30)26-15-2-4-18(23)19(24)12-15/h2-5,8,11-13,17H,6-7,9-10H2,1H3,(H,26,28)(H,27,32). The van der Waals surface area contributed by atoms with Crippen LogP contribution in [0.5, 0.6) is 0 Å². The third-order valence-electron chi connectivity index (χ3n) is 5.09. The fourth-order valence-electron chi connectivity index (χ4n) is 3.49. The number of piperidine rings is 1. The summed E-state index contributed by atoms with van der Waals surface area (Å²) >= 11 is 0. The Bertz CT molecular complexity index is 1140. The summed E-state index contributed by atoms with van der Waals surface area (Å²) in [7, 11) is 0. The van der Waals surface area contributed by atoms with E-state index in [1.54, 1.807) is 18.3 Å². The van der Waals surface area contributed by atoms with Crippen LogP contribution in [0.25, 0.3) is 0 Å². The average Bonchev–Trinajstić information content (AvgIpc) is 3.26. The Balaban J connectivity index is 1.32. The monoisotopic (exact) mass is 456 g/mol. The van der Waals surface area contributed by atoms with E-state index in [0.717, 1.165) is 48.6 Å². The molecule has 0 spiro atoms. The Morgan fingerprint density at radius 2 is 1.82 bits per heavy atom. The zero-order chi connectivity index (χ0) is 23.4. The van der Waals surface area contributed by atoms with Crippen LogP contribution < -0.4 is 15.5 Å². The lowest BCUT2D eigenvalue weighted by atomic mass is 10.1. The van der Waals surface area contributed by atoms with E-state index in [-0.39, 0.29) is 12.1 Å². The molecule has 2 N–H and O–H groups in total. The summed E-state index contributed by atoms with van der Waals surface area (Å²) in [6, 6.07) is 7.93. The van der Waals surface area contributed by atoms with Crippen LogP contribution in [0.1, 0.15) is 19.8 Å². The van der Waals surface area contributed by atoms with Gasteiger partial charge in [-0.15, -0.1) is 5.10 Å². The highest BCUT2D eigenvalue weighted by Crippen LogP contribution is 2.21. The molecule has 0 saturated carbocycles. The minimum Gasteiger partial charge on any atom is -0.462 e. The first-order chi connectivity index (χ1) is 15.9. The van der Waals surface area contributed by atoms with Crippen molar-refractivity contribution in [3.8, 4) is 0 Å². The van der Waals surface area contributed by atoms with Crippen LogP contribution in [0, 0.1) is 11.6 Å². The molecule has 9 nitrogen and oxygen atoms in total. The topological polar surface area (TPSA) is 101 Å². The molecule has 33 heavy (non-hydrogen) atoms. The third kappa shape index (κ3) is 5.62. The molecule has 11 heteroatoms. The number of esters is 1. The molecule has 1 aliphatic rings. The minimum absolute atomic E-state index is 0.0622. The van der Waals surface area contributed by atoms with Gasteiger partial charge < -0.3 is 20.3 Å². The number of carbonyl (C=O) groups is 2. The lowest BCUT2D eigenvalue weighted by molar-refractivity contribution is -0.147. The summed E-state index contributed by atoms with van der Waals surface area (Å²) < 4.78 is 32.7. The molecular weight excluding hydrogens is 434 g/mol. The number of rotatable bonds is 5. The fraction of sp³-hybridized carbons (Fsp3) is 0.273. The first-order valence-corrected chi connectivity index (χ1v) is 10.3. The first kappa shape index (κ1) is 22.2. The van der Waals surface area contributed by atoms with Crippen LogP contribution in [-0.2, 0) is 9.53 Å². The van der Waals surface area contributed by atoms with Crippen LogP contribution in [0.4, 0.5) is 36.6 Å². The number of halogens is 2. The summed E-state index contributed by atoms with van der Waals surface area (Å²) in [6.45, 7) is 2.85. The number of hydrogen-bond acceptors (Lipinski definition) is 7. The maximum atomic E-state index is 13.3. The molecule has 2 aromatic heterocycles. The molecule has 0 radical (unpaired) electrons. The lowest BCUT2D eigenvalue weighted by Gasteiger charge is -2.32. The smallest absolute Gasteiger partial charge is 0.346 e. The number of carbonyl (C=O) groups excluding carboxylic acids is 2. The van der Waals surface area contributed by atoms with Gasteiger partial charge in [0.1, 0.15) is 11.9 Å². The van der Waals surface area contributed by atoms with Crippen molar-refractivity contribution >= 4 is 35.0 Å². The largest absolute Gasteiger partial charge is 0.462 e. The van der Waals surface area contributed by atoms with Gasteiger partial charge in [-0.2, -0.15) is 4.68 Å². The van der Waals surface area contributed by atoms with E-state index in [0.29, 0.717) is 17.2 Å². The zero-order valence-corrected chi connectivity index (χ0v) is 17.8. The highest BCUT2D eigenvalue weighted by atomic mass is 19.2. The summed E-state index contributed by atoms with van der Waals surface area (Å²) in [6.07, 6.45) is 4.40. The van der Waals surface area contributed by atoms with Crippen molar-refractivity contribution in [3.63, 3.8) is 0 Å². The van der Waals surface area contributed by atoms with Crippen molar-refractivity contribution < 1.29 is 23.1 Å². The summed E-state index contributed by atoms with van der Waals surface area (Å²) in [4.78, 5) is 30.0. The lowest BCUT2D eigenvalue weighted by Crippen LogP contribution is -2.38. The Morgan fingerprint density at radius 3 is 2.48 bits per heavy atom. The quantitative estimate of drug-likeness (QED) is 0.562. The highest BCUT2D eigenvalue weighted by molar-refractivity contribution is 5.90. The van der Waals surface area contributed by atoms with Crippen molar-refractivity contribution in [3.05, 3.63) is 60.4 Å². The molecule has 1 saturated heterocycles. The molecule has 1 aliphatic heterocycles. The van der Waals surface area contributed by atoms with Crippen molar-refractivity contribution in [1.29, 1.82) is 0 Å². The Hall–Kier alpha value is -4.02. The molecular formula is C22H22F2N6O3. The molecule has 1 amide bonds. The number of ether oxygens (including phenoxy) is 1. The van der Waals surface area contributed by atoms with Crippen molar-refractivity contribution in [2.75, 3.05) is 28.6 Å². The molecule has 1 aromatic carbocycles. The molecule has 0 atom stereocenters. The van der Waals surface area contributed by atoms with Crippen LogP contribution in [0.2, 0.25) is 0 Å². The SMILES string of the molecule is CC(=O)OC1CCN(c2ccc(NC(=O)n3ccc(Nc4ccc(F)c(F)c4)n3)cn2)CC1. The van der Waals surface area contributed by atoms with Gasteiger partial charge in [-0.1, -0.05) is 0 Å². The number of nitrogens with zero attached hydrogens (tertiary/aromatic N) is 4. The van der Waals surface area contributed by atoms with Gasteiger partial charge in [-0.25, -0.2) is 18.6 Å². The number of aromatic nitrogens is 3. The summed E-state index contributed by atoms with van der Waals surface area (Å²) in [5.74, 6) is -1.14. The number of benzene rings is 1. The zero-order valence-electron chi connectivity index (χ0n) is 17.8. The normalized spacial score (nSPS) is 14.1. The second kappa shape index (κ2) is 9.63. The summed E-state index contributed by atoms with van der Waals surface area (Å²) in [5.41, 5.74) is 0.792. The molecule has 0 unspecified atom stereocenters. The van der Waals surface area contributed by atoms with Gasteiger partial charge in [-0.3, -0.25) is 4.79 Å². The molecule has 0 aliphatic carbocycles. The maximum Gasteiger partial charge on any atom is 0.346 e. The predicted octanol–water partition coefficient (Wildman–Crippen LogP) is 3.91. The Kier molecular flexibility index (Phi) is 6.48. The number of pyridine rings is 1. The number of amides is 1. The number of anilines is 4. The van der Waals surface area contributed by atoms with Gasteiger partial charge in [0.25, 0.3) is 0 Å². The van der Waals surface area contributed by atoms with Crippen molar-refractivity contribution in [1.82, 2.24) is 14.8 Å². The van der Waals surface area contributed by atoms with E-state index in [1.165, 1.54) is 25.3 Å². The average molecular weight is 456 g/mol.